The van der Waals surface area contributed by atoms with Gasteiger partial charge in [0.2, 0.25) is 0 Å². The van der Waals surface area contributed by atoms with Gasteiger partial charge >= 0.3 is 0 Å². The molecular formula is C15H17NO2S. The summed E-state index contributed by atoms with van der Waals surface area (Å²) in [4.78, 5) is 0.430. The summed E-state index contributed by atoms with van der Waals surface area (Å²) in [6, 6.07) is 13.3. The van der Waals surface area contributed by atoms with Crippen LogP contribution in [-0.4, -0.2) is 26.8 Å². The quantitative estimate of drug-likeness (QED) is 0.935. The zero-order valence-corrected chi connectivity index (χ0v) is 11.5. The van der Waals surface area contributed by atoms with E-state index in [1.165, 1.54) is 0 Å². The Morgan fingerprint density at radius 1 is 1.11 bits per heavy atom. The highest BCUT2D eigenvalue weighted by Gasteiger charge is 2.23. The second-order valence-corrected chi connectivity index (χ2v) is 7.12. The van der Waals surface area contributed by atoms with Gasteiger partial charge in [-0.05, 0) is 42.3 Å². The van der Waals surface area contributed by atoms with Crippen LogP contribution in [0.5, 0.6) is 0 Å². The average molecular weight is 275 g/mol. The molecule has 1 aliphatic rings. The fourth-order valence-electron chi connectivity index (χ4n) is 2.62. The molecule has 0 spiro atoms. The molecule has 1 saturated heterocycles. The third-order valence-electron chi connectivity index (χ3n) is 3.66. The Hall–Kier alpha value is -1.39. The summed E-state index contributed by atoms with van der Waals surface area (Å²) in [5.74, 6) is 0.200. The third-order valence-corrected chi connectivity index (χ3v) is 5.48. The summed E-state index contributed by atoms with van der Waals surface area (Å²) >= 11 is 0. The van der Waals surface area contributed by atoms with Crippen LogP contribution in [-0.2, 0) is 9.84 Å². The van der Waals surface area contributed by atoms with E-state index >= 15 is 0 Å². The molecule has 1 atom stereocenters. The molecule has 1 heterocycles. The number of hydrogen-bond acceptors (Lipinski definition) is 3. The molecule has 1 aliphatic heterocycles. The van der Waals surface area contributed by atoms with Gasteiger partial charge < -0.3 is 5.32 Å². The Kier molecular flexibility index (Phi) is 3.29. The Bertz CT molecular complexity index is 688. The molecule has 4 heteroatoms. The molecule has 0 aliphatic carbocycles. The van der Waals surface area contributed by atoms with Crippen molar-refractivity contribution in [2.24, 2.45) is 0 Å². The average Bonchev–Trinajstić information content (AvgIpc) is 2.90. The molecule has 0 radical (unpaired) electrons. The van der Waals surface area contributed by atoms with Crippen molar-refractivity contribution in [1.29, 1.82) is 0 Å². The fourth-order valence-corrected chi connectivity index (χ4v) is 4.21. The molecule has 2 aromatic carbocycles. The van der Waals surface area contributed by atoms with Crippen LogP contribution in [0.25, 0.3) is 10.8 Å². The third kappa shape index (κ3) is 2.65. The molecule has 19 heavy (non-hydrogen) atoms. The number of rotatable bonds is 3. The first-order valence-corrected chi connectivity index (χ1v) is 8.25. The number of fused-ring (bicyclic) bond motifs is 1. The van der Waals surface area contributed by atoms with Gasteiger partial charge in [-0.15, -0.1) is 0 Å². The lowest BCUT2D eigenvalue weighted by molar-refractivity contribution is 0.577. The minimum Gasteiger partial charge on any atom is -0.313 e. The first-order chi connectivity index (χ1) is 9.15. The highest BCUT2D eigenvalue weighted by molar-refractivity contribution is 7.91. The molecular weight excluding hydrogens is 258 g/mol. The van der Waals surface area contributed by atoms with Gasteiger partial charge in [-0.2, -0.15) is 0 Å². The van der Waals surface area contributed by atoms with Crippen molar-refractivity contribution in [1.82, 2.24) is 5.32 Å². The van der Waals surface area contributed by atoms with E-state index in [0.717, 1.165) is 30.2 Å². The predicted molar refractivity (Wildman–Crippen MR) is 77.0 cm³/mol. The smallest absolute Gasteiger partial charge is 0.179 e. The molecule has 0 unspecified atom stereocenters. The van der Waals surface area contributed by atoms with Crippen molar-refractivity contribution < 1.29 is 8.42 Å². The maximum absolute atomic E-state index is 12.4. The van der Waals surface area contributed by atoms with Crippen molar-refractivity contribution in [2.45, 2.75) is 23.8 Å². The lowest BCUT2D eigenvalue weighted by Gasteiger charge is -2.11. The largest absolute Gasteiger partial charge is 0.313 e. The van der Waals surface area contributed by atoms with E-state index < -0.39 is 9.84 Å². The van der Waals surface area contributed by atoms with E-state index in [9.17, 15) is 8.42 Å². The van der Waals surface area contributed by atoms with E-state index in [2.05, 4.69) is 5.32 Å². The topological polar surface area (TPSA) is 46.2 Å². The van der Waals surface area contributed by atoms with E-state index in [-0.39, 0.29) is 11.8 Å². The van der Waals surface area contributed by atoms with E-state index in [4.69, 9.17) is 0 Å². The molecule has 100 valence electrons. The summed E-state index contributed by atoms with van der Waals surface area (Å²) in [5, 5.41) is 5.29. The molecule has 0 amide bonds. The van der Waals surface area contributed by atoms with Gasteiger partial charge in [0, 0.05) is 6.04 Å². The van der Waals surface area contributed by atoms with E-state index in [1.807, 2.05) is 30.3 Å². The van der Waals surface area contributed by atoms with Gasteiger partial charge in [0.05, 0.1) is 10.6 Å². The van der Waals surface area contributed by atoms with Crippen LogP contribution in [0.3, 0.4) is 0 Å². The van der Waals surface area contributed by atoms with Crippen molar-refractivity contribution >= 4 is 20.6 Å². The molecule has 3 nitrogen and oxygen atoms in total. The van der Waals surface area contributed by atoms with Gasteiger partial charge in [-0.3, -0.25) is 0 Å². The highest BCUT2D eigenvalue weighted by Crippen LogP contribution is 2.21. The standard InChI is InChI=1S/C15H17NO2S/c17-19(18,11-14-6-3-9-16-14)15-8-7-12-4-1-2-5-13(12)10-15/h1-2,4-5,7-8,10,14,16H,3,6,9,11H2/t14-/m0/s1. The minimum atomic E-state index is -3.20. The first kappa shape index (κ1) is 12.6. The molecule has 1 fully saturated rings. The van der Waals surface area contributed by atoms with Gasteiger partial charge in [-0.25, -0.2) is 8.42 Å². The summed E-state index contributed by atoms with van der Waals surface area (Å²) in [5.41, 5.74) is 0. The predicted octanol–water partition coefficient (Wildman–Crippen LogP) is 2.37. The molecule has 2 aromatic rings. The molecule has 3 rings (SSSR count). The zero-order valence-electron chi connectivity index (χ0n) is 10.7. The Labute approximate surface area is 113 Å². The summed E-state index contributed by atoms with van der Waals surface area (Å²) in [6.45, 7) is 0.928. The summed E-state index contributed by atoms with van der Waals surface area (Å²) in [7, 11) is -3.20. The second kappa shape index (κ2) is 4.94. The van der Waals surface area contributed by atoms with Gasteiger partial charge in [-0.1, -0.05) is 30.3 Å². The summed E-state index contributed by atoms with van der Waals surface area (Å²) in [6.07, 6.45) is 2.02. The number of sulfone groups is 1. The fraction of sp³-hybridized carbons (Fsp3) is 0.333. The van der Waals surface area contributed by atoms with Crippen molar-refractivity contribution in [3.63, 3.8) is 0 Å². The summed E-state index contributed by atoms with van der Waals surface area (Å²) < 4.78 is 24.8. The lowest BCUT2D eigenvalue weighted by Crippen LogP contribution is -2.29. The highest BCUT2D eigenvalue weighted by atomic mass is 32.2. The Morgan fingerprint density at radius 2 is 1.89 bits per heavy atom. The minimum absolute atomic E-state index is 0.108. The number of nitrogens with one attached hydrogen (secondary N) is 1. The van der Waals surface area contributed by atoms with Gasteiger partial charge in [0.15, 0.2) is 9.84 Å². The van der Waals surface area contributed by atoms with Crippen LogP contribution >= 0.6 is 0 Å². The first-order valence-electron chi connectivity index (χ1n) is 6.60. The van der Waals surface area contributed by atoms with Gasteiger partial charge in [0.25, 0.3) is 0 Å². The molecule has 0 saturated carbocycles. The van der Waals surface area contributed by atoms with Crippen LogP contribution in [0.4, 0.5) is 0 Å². The molecule has 0 bridgehead atoms. The normalized spacial score (nSPS) is 19.9. The SMILES string of the molecule is O=S(=O)(C[C@@H]1CCCN1)c1ccc2ccccc2c1. The Balaban J connectivity index is 1.93. The van der Waals surface area contributed by atoms with Crippen molar-refractivity contribution in [3.8, 4) is 0 Å². The van der Waals surface area contributed by atoms with Crippen LogP contribution in [0.2, 0.25) is 0 Å². The van der Waals surface area contributed by atoms with Crippen molar-refractivity contribution in [2.75, 3.05) is 12.3 Å². The monoisotopic (exact) mass is 275 g/mol. The van der Waals surface area contributed by atoms with Crippen LogP contribution in [0.15, 0.2) is 47.4 Å². The maximum atomic E-state index is 12.4. The lowest BCUT2D eigenvalue weighted by atomic mass is 10.1. The van der Waals surface area contributed by atoms with Crippen LogP contribution in [0.1, 0.15) is 12.8 Å². The molecule has 1 N–H and O–H groups in total. The van der Waals surface area contributed by atoms with E-state index in [0.29, 0.717) is 4.90 Å². The number of benzene rings is 2. The van der Waals surface area contributed by atoms with Crippen LogP contribution < -0.4 is 5.32 Å². The number of hydrogen-bond donors (Lipinski definition) is 1. The zero-order chi connectivity index (χ0) is 13.3. The Morgan fingerprint density at radius 3 is 2.63 bits per heavy atom. The molecule has 0 aromatic heterocycles. The second-order valence-electron chi connectivity index (χ2n) is 5.08. The van der Waals surface area contributed by atoms with E-state index in [1.54, 1.807) is 12.1 Å². The van der Waals surface area contributed by atoms with Crippen LogP contribution in [0, 0.1) is 0 Å². The van der Waals surface area contributed by atoms with Gasteiger partial charge in [0.1, 0.15) is 0 Å². The maximum Gasteiger partial charge on any atom is 0.179 e. The van der Waals surface area contributed by atoms with Crippen molar-refractivity contribution in [3.05, 3.63) is 42.5 Å².